The molecule has 0 aromatic rings. The predicted molar refractivity (Wildman–Crippen MR) is 80.5 cm³/mol. The van der Waals surface area contributed by atoms with Crippen molar-refractivity contribution in [1.29, 1.82) is 0 Å². The Morgan fingerprint density at radius 2 is 1.77 bits per heavy atom. The molecule has 1 fully saturated rings. The van der Waals surface area contributed by atoms with E-state index in [0.717, 1.165) is 21.0 Å². The van der Waals surface area contributed by atoms with Crippen molar-refractivity contribution in [2.45, 2.75) is 58.1 Å². The van der Waals surface area contributed by atoms with Crippen LogP contribution in [-0.2, 0) is 47.6 Å². The number of methoxy groups -OCH3 is 1. The number of carboxylic acids is 1. The third-order valence-corrected chi connectivity index (χ3v) is 3.24. The smallest absolute Gasteiger partial charge is 0.335 e. The van der Waals surface area contributed by atoms with Crippen LogP contribution in [-0.4, -0.2) is 73.6 Å². The fraction of sp³-hybridized carbons (Fsp3) is 0.733. The molecule has 1 N–H and O–H groups in total. The van der Waals surface area contributed by atoms with E-state index in [2.05, 4.69) is 4.74 Å². The summed E-state index contributed by atoms with van der Waals surface area (Å²) in [5.41, 5.74) is 0. The van der Waals surface area contributed by atoms with E-state index in [0.29, 0.717) is 0 Å². The van der Waals surface area contributed by atoms with Crippen LogP contribution in [0.15, 0.2) is 0 Å². The Morgan fingerprint density at radius 1 is 1.15 bits per heavy atom. The van der Waals surface area contributed by atoms with Gasteiger partial charge in [-0.15, -0.1) is 0 Å². The van der Waals surface area contributed by atoms with E-state index in [1.165, 1.54) is 6.92 Å². The Hall–Kier alpha value is -2.24. The predicted octanol–water partition coefficient (Wildman–Crippen LogP) is -0.398. The van der Waals surface area contributed by atoms with E-state index < -0.39 is 61.4 Å². The number of ether oxygens (including phenoxy) is 6. The zero-order valence-electron chi connectivity index (χ0n) is 14.8. The fourth-order valence-electron chi connectivity index (χ4n) is 2.29. The molecule has 0 saturated carbocycles. The van der Waals surface area contributed by atoms with Crippen molar-refractivity contribution in [2.24, 2.45) is 0 Å². The Kier molecular flexibility index (Phi) is 8.42. The highest BCUT2D eigenvalue weighted by atomic mass is 16.7. The van der Waals surface area contributed by atoms with Gasteiger partial charge in [-0.1, -0.05) is 0 Å². The van der Waals surface area contributed by atoms with Gasteiger partial charge < -0.3 is 33.5 Å². The maximum atomic E-state index is 11.8. The minimum absolute atomic E-state index is 0.0941. The lowest BCUT2D eigenvalue weighted by Crippen LogP contribution is -2.55. The molecule has 1 heterocycles. The van der Waals surface area contributed by atoms with Crippen molar-refractivity contribution in [1.82, 2.24) is 0 Å². The lowest BCUT2D eigenvalue weighted by Gasteiger charge is -2.39. The Labute approximate surface area is 149 Å². The highest BCUT2D eigenvalue weighted by Crippen LogP contribution is 2.28. The SMILES string of the molecule is COC(=O)[C@@H]1CC(OC(C)OCC(=O)O)[C@@H](OC(C)=O)[C@H](OC(C)=O)O1. The molecular weight excluding hydrogens is 356 g/mol. The lowest BCUT2D eigenvalue weighted by molar-refractivity contribution is -0.288. The summed E-state index contributed by atoms with van der Waals surface area (Å²) in [5.74, 6) is -3.36. The van der Waals surface area contributed by atoms with Crippen molar-refractivity contribution in [3.63, 3.8) is 0 Å². The van der Waals surface area contributed by atoms with Gasteiger partial charge in [0.25, 0.3) is 0 Å². The van der Waals surface area contributed by atoms with Crippen LogP contribution in [0.3, 0.4) is 0 Å². The Balaban J connectivity index is 2.98. The highest BCUT2D eigenvalue weighted by Gasteiger charge is 2.47. The van der Waals surface area contributed by atoms with E-state index in [1.807, 2.05) is 0 Å². The van der Waals surface area contributed by atoms with Gasteiger partial charge in [0.2, 0.25) is 6.29 Å². The summed E-state index contributed by atoms with van der Waals surface area (Å²) in [4.78, 5) is 45.1. The van der Waals surface area contributed by atoms with E-state index >= 15 is 0 Å². The molecule has 11 heteroatoms. The van der Waals surface area contributed by atoms with Crippen LogP contribution in [0, 0.1) is 0 Å². The van der Waals surface area contributed by atoms with Crippen LogP contribution < -0.4 is 0 Å². The molecule has 1 aliphatic rings. The van der Waals surface area contributed by atoms with Gasteiger partial charge in [0, 0.05) is 20.3 Å². The molecule has 11 nitrogen and oxygen atoms in total. The maximum absolute atomic E-state index is 11.8. The summed E-state index contributed by atoms with van der Waals surface area (Å²) >= 11 is 0. The summed E-state index contributed by atoms with van der Waals surface area (Å²) in [7, 11) is 1.15. The second kappa shape index (κ2) is 10.0. The van der Waals surface area contributed by atoms with Crippen LogP contribution in [0.5, 0.6) is 0 Å². The first kappa shape index (κ1) is 21.8. The van der Waals surface area contributed by atoms with Crippen LogP contribution >= 0.6 is 0 Å². The van der Waals surface area contributed by atoms with Gasteiger partial charge in [0.05, 0.1) is 7.11 Å². The summed E-state index contributed by atoms with van der Waals surface area (Å²) < 4.78 is 30.6. The molecule has 5 atom stereocenters. The molecule has 0 aromatic heterocycles. The summed E-state index contributed by atoms with van der Waals surface area (Å²) in [5, 5.41) is 8.64. The molecule has 148 valence electrons. The van der Waals surface area contributed by atoms with E-state index in [4.69, 9.17) is 28.8 Å². The quantitative estimate of drug-likeness (QED) is 0.335. The molecule has 0 aromatic carbocycles. The van der Waals surface area contributed by atoms with Crippen molar-refractivity contribution in [2.75, 3.05) is 13.7 Å². The molecule has 1 saturated heterocycles. The topological polar surface area (TPSA) is 144 Å². The van der Waals surface area contributed by atoms with Gasteiger partial charge in [0.1, 0.15) is 12.7 Å². The average molecular weight is 378 g/mol. The Morgan fingerprint density at radius 3 is 2.27 bits per heavy atom. The monoisotopic (exact) mass is 378 g/mol. The third kappa shape index (κ3) is 6.94. The third-order valence-electron chi connectivity index (χ3n) is 3.24. The van der Waals surface area contributed by atoms with Crippen molar-refractivity contribution in [3.8, 4) is 0 Å². The van der Waals surface area contributed by atoms with Crippen LogP contribution in [0.2, 0.25) is 0 Å². The zero-order valence-corrected chi connectivity index (χ0v) is 14.8. The van der Waals surface area contributed by atoms with Gasteiger partial charge in [-0.2, -0.15) is 0 Å². The first-order valence-corrected chi connectivity index (χ1v) is 7.70. The molecule has 0 radical (unpaired) electrons. The summed E-state index contributed by atoms with van der Waals surface area (Å²) in [6.45, 7) is 3.07. The largest absolute Gasteiger partial charge is 0.480 e. The fourth-order valence-corrected chi connectivity index (χ4v) is 2.29. The van der Waals surface area contributed by atoms with E-state index in [1.54, 1.807) is 0 Å². The standard InChI is InChI=1S/C15H22O11/c1-7(16)23-13-10(25-9(3)22-6-12(18)19)5-11(14(20)21-4)26-15(13)24-8(2)17/h9-11,13,15H,5-6H2,1-4H3,(H,18,19)/t9?,10?,11-,13+,15+/m0/s1. The van der Waals surface area contributed by atoms with Crippen LogP contribution in [0.25, 0.3) is 0 Å². The van der Waals surface area contributed by atoms with Gasteiger partial charge in [0.15, 0.2) is 18.5 Å². The number of carboxylic acid groups (broad SMARTS) is 1. The number of hydrogen-bond acceptors (Lipinski definition) is 10. The first-order valence-electron chi connectivity index (χ1n) is 7.70. The molecule has 0 amide bonds. The number of carbonyl (C=O) groups excluding carboxylic acids is 3. The minimum Gasteiger partial charge on any atom is -0.480 e. The molecular formula is C15H22O11. The lowest BCUT2D eigenvalue weighted by atomic mass is 10.0. The number of rotatable bonds is 8. The maximum Gasteiger partial charge on any atom is 0.335 e. The molecule has 1 aliphatic heterocycles. The molecule has 0 aliphatic carbocycles. The summed E-state index contributed by atoms with van der Waals surface area (Å²) in [6, 6.07) is 0. The highest BCUT2D eigenvalue weighted by molar-refractivity contribution is 5.75. The van der Waals surface area contributed by atoms with Crippen molar-refractivity contribution < 1.29 is 52.7 Å². The summed E-state index contributed by atoms with van der Waals surface area (Å²) in [6.07, 6.45) is -5.83. The second-order valence-corrected chi connectivity index (χ2v) is 5.38. The average Bonchev–Trinajstić information content (AvgIpc) is 2.53. The van der Waals surface area contributed by atoms with Gasteiger partial charge >= 0.3 is 23.9 Å². The van der Waals surface area contributed by atoms with Gasteiger partial charge in [-0.05, 0) is 6.92 Å². The number of carbonyl (C=O) groups is 4. The first-order chi connectivity index (χ1) is 12.1. The normalized spacial score (nSPS) is 26.5. The van der Waals surface area contributed by atoms with Gasteiger partial charge in [-0.3, -0.25) is 9.59 Å². The van der Waals surface area contributed by atoms with E-state index in [9.17, 15) is 19.2 Å². The van der Waals surface area contributed by atoms with Crippen molar-refractivity contribution >= 4 is 23.9 Å². The van der Waals surface area contributed by atoms with Crippen molar-refractivity contribution in [3.05, 3.63) is 0 Å². The van der Waals surface area contributed by atoms with Crippen LogP contribution in [0.4, 0.5) is 0 Å². The molecule has 0 bridgehead atoms. The Bertz CT molecular complexity index is 532. The second-order valence-electron chi connectivity index (χ2n) is 5.38. The number of esters is 3. The van der Waals surface area contributed by atoms with Gasteiger partial charge in [-0.25, -0.2) is 9.59 Å². The van der Waals surface area contributed by atoms with Crippen LogP contribution in [0.1, 0.15) is 27.2 Å². The minimum atomic E-state index is -1.41. The number of aliphatic carboxylic acids is 1. The molecule has 26 heavy (non-hydrogen) atoms. The molecule has 1 rings (SSSR count). The number of hydrogen-bond donors (Lipinski definition) is 1. The van der Waals surface area contributed by atoms with E-state index in [-0.39, 0.29) is 6.42 Å². The molecule has 0 spiro atoms. The molecule has 2 unspecified atom stereocenters. The zero-order chi connectivity index (χ0) is 19.9.